The van der Waals surface area contributed by atoms with Crippen molar-refractivity contribution in [2.24, 2.45) is 11.8 Å². The van der Waals surface area contributed by atoms with Gasteiger partial charge in [-0.2, -0.15) is 4.31 Å². The summed E-state index contributed by atoms with van der Waals surface area (Å²) in [7, 11) is -2.02. The van der Waals surface area contributed by atoms with Gasteiger partial charge in [-0.15, -0.1) is 0 Å². The molecule has 3 fully saturated rings. The highest BCUT2D eigenvalue weighted by atomic mass is 32.2. The second-order valence-corrected chi connectivity index (χ2v) is 10.3. The third kappa shape index (κ3) is 4.44. The van der Waals surface area contributed by atoms with Gasteiger partial charge in [-0.05, 0) is 61.3 Å². The van der Waals surface area contributed by atoms with Crippen LogP contribution >= 0.6 is 0 Å². The van der Waals surface area contributed by atoms with E-state index in [1.54, 1.807) is 25.3 Å². The van der Waals surface area contributed by atoms with Gasteiger partial charge in [-0.25, -0.2) is 8.42 Å². The lowest BCUT2D eigenvalue weighted by Gasteiger charge is -2.26. The van der Waals surface area contributed by atoms with Crippen LogP contribution in [0.5, 0.6) is 5.75 Å². The number of morpholine rings is 1. The van der Waals surface area contributed by atoms with Crippen molar-refractivity contribution in [1.29, 1.82) is 0 Å². The van der Waals surface area contributed by atoms with Crippen molar-refractivity contribution in [3.05, 3.63) is 23.8 Å². The Balaban J connectivity index is 1.42. The average molecular weight is 423 g/mol. The first kappa shape index (κ1) is 20.6. The molecular formula is C21H30N2O5S. The molecule has 0 spiro atoms. The highest BCUT2D eigenvalue weighted by molar-refractivity contribution is 7.89. The van der Waals surface area contributed by atoms with Crippen molar-refractivity contribution in [3.63, 3.8) is 0 Å². The van der Waals surface area contributed by atoms with Gasteiger partial charge < -0.3 is 14.8 Å². The summed E-state index contributed by atoms with van der Waals surface area (Å²) in [4.78, 5) is 12.7. The first-order valence-electron chi connectivity index (χ1n) is 10.5. The van der Waals surface area contributed by atoms with Crippen molar-refractivity contribution in [2.45, 2.75) is 49.5 Å². The quantitative estimate of drug-likeness (QED) is 0.726. The fourth-order valence-electron chi connectivity index (χ4n) is 5.00. The summed E-state index contributed by atoms with van der Waals surface area (Å²) in [6, 6.07) is 5.21. The van der Waals surface area contributed by atoms with Crippen LogP contribution in [0.25, 0.3) is 0 Å². The monoisotopic (exact) mass is 422 g/mol. The normalized spacial score (nSPS) is 27.1. The first-order chi connectivity index (χ1) is 14.0. The Kier molecular flexibility index (Phi) is 6.13. The zero-order valence-electron chi connectivity index (χ0n) is 16.9. The number of carbonyl (C=O) groups is 1. The standard InChI is InChI=1S/C21H30N2O5S/c1-27-20-6-5-18(29(25,26)23-8-10-28-11-9-23)14-17(20)4-7-21(24)22-19-13-15-2-3-16(19)12-15/h5-6,14-16,19H,2-4,7-13H2,1H3,(H,22,24)/t15-,16-,19+/m1/s1. The average Bonchev–Trinajstić information content (AvgIpc) is 3.36. The molecule has 1 heterocycles. The highest BCUT2D eigenvalue weighted by Crippen LogP contribution is 2.44. The van der Waals surface area contributed by atoms with Crippen LogP contribution in [-0.2, 0) is 26.0 Å². The number of nitrogens with zero attached hydrogens (tertiary/aromatic N) is 1. The lowest BCUT2D eigenvalue weighted by molar-refractivity contribution is -0.122. The second kappa shape index (κ2) is 8.62. The SMILES string of the molecule is COc1ccc(S(=O)(=O)N2CCOCC2)cc1CCC(=O)N[C@H]1C[C@@H]2CC[C@@H]1C2. The molecule has 1 N–H and O–H groups in total. The van der Waals surface area contributed by atoms with Crippen molar-refractivity contribution < 1.29 is 22.7 Å². The molecule has 7 nitrogen and oxygen atoms in total. The number of nitrogens with one attached hydrogen (secondary N) is 1. The molecule has 1 aromatic rings. The molecule has 3 atom stereocenters. The summed E-state index contributed by atoms with van der Waals surface area (Å²) in [6.45, 7) is 1.53. The molecule has 4 rings (SSSR count). The number of sulfonamides is 1. The Morgan fingerprint density at radius 2 is 2.03 bits per heavy atom. The summed E-state index contributed by atoms with van der Waals surface area (Å²) in [5, 5.41) is 3.19. The van der Waals surface area contributed by atoms with Gasteiger partial charge in [0.2, 0.25) is 15.9 Å². The zero-order valence-corrected chi connectivity index (χ0v) is 17.7. The lowest BCUT2D eigenvalue weighted by Crippen LogP contribution is -2.40. The van der Waals surface area contributed by atoms with Crippen LogP contribution < -0.4 is 10.1 Å². The van der Waals surface area contributed by atoms with E-state index in [9.17, 15) is 13.2 Å². The van der Waals surface area contributed by atoms with E-state index in [1.165, 1.54) is 23.6 Å². The van der Waals surface area contributed by atoms with E-state index >= 15 is 0 Å². The van der Waals surface area contributed by atoms with Crippen molar-refractivity contribution >= 4 is 15.9 Å². The van der Waals surface area contributed by atoms with E-state index in [0.717, 1.165) is 17.9 Å². The van der Waals surface area contributed by atoms with Crippen LogP contribution in [-0.4, -0.2) is 58.1 Å². The topological polar surface area (TPSA) is 84.9 Å². The Labute approximate surface area is 172 Å². The molecule has 29 heavy (non-hydrogen) atoms. The van der Waals surface area contributed by atoms with Crippen LogP contribution in [0.1, 0.15) is 37.7 Å². The number of hydrogen-bond acceptors (Lipinski definition) is 5. The maximum atomic E-state index is 12.9. The summed E-state index contributed by atoms with van der Waals surface area (Å²) >= 11 is 0. The Hall–Kier alpha value is -1.64. The maximum Gasteiger partial charge on any atom is 0.243 e. The fraction of sp³-hybridized carbons (Fsp3) is 0.667. The molecule has 2 saturated carbocycles. The summed E-state index contributed by atoms with van der Waals surface area (Å²) < 4.78 is 38.0. The molecule has 0 aromatic heterocycles. The first-order valence-corrected chi connectivity index (χ1v) is 12.0. The highest BCUT2D eigenvalue weighted by Gasteiger charge is 2.40. The number of methoxy groups -OCH3 is 1. The van der Waals surface area contributed by atoms with E-state index in [0.29, 0.717) is 56.9 Å². The molecular weight excluding hydrogens is 392 g/mol. The number of fused-ring (bicyclic) bond motifs is 2. The predicted molar refractivity (Wildman–Crippen MR) is 108 cm³/mol. The largest absolute Gasteiger partial charge is 0.496 e. The van der Waals surface area contributed by atoms with E-state index in [2.05, 4.69) is 5.32 Å². The van der Waals surface area contributed by atoms with Gasteiger partial charge in [0.25, 0.3) is 0 Å². The number of hydrogen-bond donors (Lipinski definition) is 1. The van der Waals surface area contributed by atoms with E-state index in [-0.39, 0.29) is 10.8 Å². The molecule has 0 unspecified atom stereocenters. The molecule has 2 bridgehead atoms. The lowest BCUT2D eigenvalue weighted by atomic mass is 9.95. The maximum absolute atomic E-state index is 12.9. The Bertz CT molecular complexity index is 851. The second-order valence-electron chi connectivity index (χ2n) is 8.34. The van der Waals surface area contributed by atoms with Crippen LogP contribution in [0.4, 0.5) is 0 Å². The van der Waals surface area contributed by atoms with E-state index < -0.39 is 10.0 Å². The molecule has 2 aliphatic carbocycles. The molecule has 8 heteroatoms. The molecule has 1 saturated heterocycles. The van der Waals surface area contributed by atoms with Gasteiger partial charge in [0, 0.05) is 25.6 Å². The van der Waals surface area contributed by atoms with Gasteiger partial charge in [0.05, 0.1) is 25.2 Å². The Morgan fingerprint density at radius 1 is 1.24 bits per heavy atom. The predicted octanol–water partition coefficient (Wildman–Crippen LogP) is 1.95. The van der Waals surface area contributed by atoms with Gasteiger partial charge >= 0.3 is 0 Å². The smallest absolute Gasteiger partial charge is 0.243 e. The fourth-order valence-corrected chi connectivity index (χ4v) is 6.45. The van der Waals surface area contributed by atoms with Crippen LogP contribution in [0.15, 0.2) is 23.1 Å². The van der Waals surface area contributed by atoms with Gasteiger partial charge in [0.15, 0.2) is 0 Å². The summed E-state index contributed by atoms with van der Waals surface area (Å²) in [5.41, 5.74) is 0.741. The summed E-state index contributed by atoms with van der Waals surface area (Å²) in [6.07, 6.45) is 5.66. The minimum Gasteiger partial charge on any atom is -0.496 e. The number of amides is 1. The van der Waals surface area contributed by atoms with Crippen molar-refractivity contribution in [2.75, 3.05) is 33.4 Å². The van der Waals surface area contributed by atoms with Gasteiger partial charge in [-0.3, -0.25) is 4.79 Å². The number of benzene rings is 1. The third-order valence-electron chi connectivity index (χ3n) is 6.57. The zero-order chi connectivity index (χ0) is 20.4. The van der Waals surface area contributed by atoms with Crippen LogP contribution in [0, 0.1) is 11.8 Å². The number of carbonyl (C=O) groups excluding carboxylic acids is 1. The molecule has 3 aliphatic rings. The van der Waals surface area contributed by atoms with Crippen molar-refractivity contribution in [1.82, 2.24) is 9.62 Å². The molecule has 1 aliphatic heterocycles. The minimum absolute atomic E-state index is 0.0334. The van der Waals surface area contributed by atoms with Crippen LogP contribution in [0.2, 0.25) is 0 Å². The van der Waals surface area contributed by atoms with E-state index in [1.807, 2.05) is 0 Å². The minimum atomic E-state index is -3.58. The molecule has 1 amide bonds. The van der Waals surface area contributed by atoms with Crippen LogP contribution in [0.3, 0.4) is 0 Å². The molecule has 0 radical (unpaired) electrons. The molecule has 1 aromatic carbocycles. The van der Waals surface area contributed by atoms with Crippen molar-refractivity contribution in [3.8, 4) is 5.75 Å². The number of ether oxygens (including phenoxy) is 2. The third-order valence-corrected chi connectivity index (χ3v) is 8.46. The van der Waals surface area contributed by atoms with Gasteiger partial charge in [0.1, 0.15) is 5.75 Å². The molecule has 160 valence electrons. The number of rotatable bonds is 7. The summed E-state index contributed by atoms with van der Waals surface area (Å²) in [5.74, 6) is 2.07. The van der Waals surface area contributed by atoms with E-state index in [4.69, 9.17) is 9.47 Å². The Morgan fingerprint density at radius 3 is 2.69 bits per heavy atom. The number of aryl methyl sites for hydroxylation is 1. The van der Waals surface area contributed by atoms with Gasteiger partial charge in [-0.1, -0.05) is 6.42 Å².